The van der Waals surface area contributed by atoms with E-state index in [9.17, 15) is 4.79 Å². The van der Waals surface area contributed by atoms with Crippen molar-refractivity contribution in [2.24, 2.45) is 5.92 Å². The molecule has 0 aliphatic heterocycles. The van der Waals surface area contributed by atoms with E-state index in [0.29, 0.717) is 18.0 Å². The standard InChI is InChI=1S/C13H15BrN2O/c1-8(2)6-16-13(17)11-7-15-12-4-3-9(14)5-10(11)12/h3-5,7-8,15H,6H2,1-2H3,(H,16,17). The predicted octanol–water partition coefficient (Wildman–Crippen LogP) is 3.32. The Hall–Kier alpha value is -1.29. The molecule has 17 heavy (non-hydrogen) atoms. The molecule has 1 amide bonds. The topological polar surface area (TPSA) is 44.9 Å². The van der Waals surface area contributed by atoms with E-state index in [1.807, 2.05) is 18.2 Å². The second-order valence-corrected chi connectivity index (χ2v) is 5.41. The predicted molar refractivity (Wildman–Crippen MR) is 73.2 cm³/mol. The second kappa shape index (κ2) is 4.92. The molecule has 1 heterocycles. The SMILES string of the molecule is CC(C)CNC(=O)c1c[nH]c2ccc(Br)cc12. The minimum atomic E-state index is -0.0250. The van der Waals surface area contributed by atoms with Gasteiger partial charge < -0.3 is 10.3 Å². The maximum absolute atomic E-state index is 12.0. The van der Waals surface area contributed by atoms with Crippen LogP contribution in [0.4, 0.5) is 0 Å². The Labute approximate surface area is 109 Å². The highest BCUT2D eigenvalue weighted by Crippen LogP contribution is 2.22. The van der Waals surface area contributed by atoms with Crippen LogP contribution in [0.1, 0.15) is 24.2 Å². The molecule has 0 bridgehead atoms. The van der Waals surface area contributed by atoms with E-state index in [0.717, 1.165) is 15.4 Å². The first-order valence-corrected chi connectivity index (χ1v) is 6.42. The number of H-pyrrole nitrogens is 1. The van der Waals surface area contributed by atoms with Gasteiger partial charge in [-0.3, -0.25) is 4.79 Å². The van der Waals surface area contributed by atoms with Gasteiger partial charge in [0.15, 0.2) is 0 Å². The third-order valence-electron chi connectivity index (χ3n) is 2.56. The lowest BCUT2D eigenvalue weighted by Crippen LogP contribution is -2.27. The van der Waals surface area contributed by atoms with Crippen molar-refractivity contribution in [2.75, 3.05) is 6.54 Å². The van der Waals surface area contributed by atoms with Crippen molar-refractivity contribution < 1.29 is 4.79 Å². The summed E-state index contributed by atoms with van der Waals surface area (Å²) in [7, 11) is 0. The summed E-state index contributed by atoms with van der Waals surface area (Å²) < 4.78 is 0.975. The quantitative estimate of drug-likeness (QED) is 0.896. The minimum Gasteiger partial charge on any atom is -0.360 e. The van der Waals surface area contributed by atoms with Crippen LogP contribution in [0.5, 0.6) is 0 Å². The van der Waals surface area contributed by atoms with Gasteiger partial charge in [0.25, 0.3) is 5.91 Å². The molecule has 0 spiro atoms. The highest BCUT2D eigenvalue weighted by molar-refractivity contribution is 9.10. The second-order valence-electron chi connectivity index (χ2n) is 4.50. The Morgan fingerprint density at radius 3 is 2.94 bits per heavy atom. The number of halogens is 1. The lowest BCUT2D eigenvalue weighted by atomic mass is 10.1. The molecule has 2 aromatic rings. The van der Waals surface area contributed by atoms with Crippen molar-refractivity contribution in [3.05, 3.63) is 34.4 Å². The molecule has 0 fully saturated rings. The molecule has 4 heteroatoms. The number of aromatic nitrogens is 1. The summed E-state index contributed by atoms with van der Waals surface area (Å²) >= 11 is 3.42. The number of carbonyl (C=O) groups excluding carboxylic acids is 1. The molecule has 0 radical (unpaired) electrons. The maximum Gasteiger partial charge on any atom is 0.253 e. The molecule has 0 saturated carbocycles. The zero-order valence-electron chi connectivity index (χ0n) is 9.88. The fourth-order valence-corrected chi connectivity index (χ4v) is 2.03. The highest BCUT2D eigenvalue weighted by Gasteiger charge is 2.12. The Kier molecular flexibility index (Phi) is 3.52. The third-order valence-corrected chi connectivity index (χ3v) is 3.05. The van der Waals surface area contributed by atoms with E-state index >= 15 is 0 Å². The Bertz CT molecular complexity index is 545. The highest BCUT2D eigenvalue weighted by atomic mass is 79.9. The van der Waals surface area contributed by atoms with Crippen LogP contribution in [0.3, 0.4) is 0 Å². The lowest BCUT2D eigenvalue weighted by molar-refractivity contribution is 0.0950. The fraction of sp³-hybridized carbons (Fsp3) is 0.308. The van der Waals surface area contributed by atoms with Crippen molar-refractivity contribution >= 4 is 32.7 Å². The van der Waals surface area contributed by atoms with Crippen LogP contribution in [-0.4, -0.2) is 17.4 Å². The van der Waals surface area contributed by atoms with Crippen LogP contribution in [0.2, 0.25) is 0 Å². The molecule has 0 aliphatic rings. The summed E-state index contributed by atoms with van der Waals surface area (Å²) in [5, 5.41) is 3.87. The number of hydrogen-bond acceptors (Lipinski definition) is 1. The summed E-state index contributed by atoms with van der Waals surface area (Å²) in [5.74, 6) is 0.430. The summed E-state index contributed by atoms with van der Waals surface area (Å²) in [6.07, 6.45) is 1.76. The monoisotopic (exact) mass is 294 g/mol. The summed E-state index contributed by atoms with van der Waals surface area (Å²) in [6, 6.07) is 5.86. The van der Waals surface area contributed by atoms with Gasteiger partial charge in [-0.2, -0.15) is 0 Å². The van der Waals surface area contributed by atoms with Crippen molar-refractivity contribution in [1.29, 1.82) is 0 Å². The Morgan fingerprint density at radius 1 is 1.47 bits per heavy atom. The van der Waals surface area contributed by atoms with Crippen LogP contribution < -0.4 is 5.32 Å². The first-order valence-electron chi connectivity index (χ1n) is 5.62. The van der Waals surface area contributed by atoms with Crippen LogP contribution in [-0.2, 0) is 0 Å². The molecule has 3 nitrogen and oxygen atoms in total. The molecular formula is C13H15BrN2O. The number of amides is 1. The Morgan fingerprint density at radius 2 is 2.24 bits per heavy atom. The molecule has 0 unspecified atom stereocenters. The molecule has 0 atom stereocenters. The smallest absolute Gasteiger partial charge is 0.253 e. The van der Waals surface area contributed by atoms with Gasteiger partial charge >= 0.3 is 0 Å². The van der Waals surface area contributed by atoms with E-state index in [1.54, 1.807) is 6.20 Å². The minimum absolute atomic E-state index is 0.0250. The van der Waals surface area contributed by atoms with Gasteiger partial charge in [0.05, 0.1) is 5.56 Å². The number of fused-ring (bicyclic) bond motifs is 1. The number of hydrogen-bond donors (Lipinski definition) is 2. The normalized spacial score (nSPS) is 11.1. The van der Waals surface area contributed by atoms with Crippen molar-refractivity contribution in [2.45, 2.75) is 13.8 Å². The van der Waals surface area contributed by atoms with Crippen molar-refractivity contribution in [3.63, 3.8) is 0 Å². The van der Waals surface area contributed by atoms with E-state index in [4.69, 9.17) is 0 Å². The van der Waals surface area contributed by atoms with Crippen LogP contribution in [0, 0.1) is 5.92 Å². The van der Waals surface area contributed by atoms with Crippen LogP contribution in [0.25, 0.3) is 10.9 Å². The molecule has 2 N–H and O–H groups in total. The van der Waals surface area contributed by atoms with E-state index in [2.05, 4.69) is 40.1 Å². The van der Waals surface area contributed by atoms with Crippen molar-refractivity contribution in [1.82, 2.24) is 10.3 Å². The zero-order valence-corrected chi connectivity index (χ0v) is 11.5. The van der Waals surface area contributed by atoms with Gasteiger partial charge in [0.1, 0.15) is 0 Å². The summed E-state index contributed by atoms with van der Waals surface area (Å²) in [6.45, 7) is 4.84. The van der Waals surface area contributed by atoms with Gasteiger partial charge in [-0.25, -0.2) is 0 Å². The molecule has 90 valence electrons. The van der Waals surface area contributed by atoms with Gasteiger partial charge in [-0.05, 0) is 24.1 Å². The lowest BCUT2D eigenvalue weighted by Gasteiger charge is -2.06. The van der Waals surface area contributed by atoms with E-state index in [1.165, 1.54) is 0 Å². The largest absolute Gasteiger partial charge is 0.360 e. The molecule has 1 aromatic heterocycles. The van der Waals surface area contributed by atoms with E-state index < -0.39 is 0 Å². The number of aromatic amines is 1. The van der Waals surface area contributed by atoms with Crippen LogP contribution in [0.15, 0.2) is 28.9 Å². The van der Waals surface area contributed by atoms with Gasteiger partial charge in [0.2, 0.25) is 0 Å². The number of rotatable bonds is 3. The third kappa shape index (κ3) is 2.69. The van der Waals surface area contributed by atoms with Gasteiger partial charge in [-0.15, -0.1) is 0 Å². The maximum atomic E-state index is 12.0. The molecule has 0 aliphatic carbocycles. The average Bonchev–Trinajstić information content (AvgIpc) is 2.68. The van der Waals surface area contributed by atoms with Gasteiger partial charge in [0, 0.05) is 28.1 Å². The first-order chi connectivity index (χ1) is 8.08. The molecule has 1 aromatic carbocycles. The number of carbonyl (C=O) groups is 1. The summed E-state index contributed by atoms with van der Waals surface area (Å²) in [4.78, 5) is 15.1. The molecular weight excluding hydrogens is 280 g/mol. The zero-order chi connectivity index (χ0) is 12.4. The fourth-order valence-electron chi connectivity index (χ4n) is 1.67. The molecule has 2 rings (SSSR count). The summed E-state index contributed by atoms with van der Waals surface area (Å²) in [5.41, 5.74) is 1.67. The van der Waals surface area contributed by atoms with Gasteiger partial charge in [-0.1, -0.05) is 29.8 Å². The number of nitrogens with one attached hydrogen (secondary N) is 2. The Balaban J connectivity index is 2.29. The van der Waals surface area contributed by atoms with E-state index in [-0.39, 0.29) is 5.91 Å². The van der Waals surface area contributed by atoms with Crippen molar-refractivity contribution in [3.8, 4) is 0 Å². The first kappa shape index (κ1) is 12.2. The average molecular weight is 295 g/mol. The number of benzene rings is 1. The van der Waals surface area contributed by atoms with Crippen LogP contribution >= 0.6 is 15.9 Å². The molecule has 0 saturated heterocycles.